The number of nitrogens with one attached hydrogen (secondary N) is 1. The molecule has 5 rings (SSSR count). The number of rotatable bonds is 8. The van der Waals surface area contributed by atoms with Gasteiger partial charge in [-0.3, -0.25) is 4.79 Å². The van der Waals surface area contributed by atoms with Crippen LogP contribution in [-0.4, -0.2) is 25.1 Å². The molecule has 1 N–H and O–H groups in total. The van der Waals surface area contributed by atoms with Crippen LogP contribution in [-0.2, 0) is 10.1 Å². The van der Waals surface area contributed by atoms with E-state index < -0.39 is 22.1 Å². The molecule has 184 valence electrons. The maximum absolute atomic E-state index is 14.0. The summed E-state index contributed by atoms with van der Waals surface area (Å²) < 4.78 is 44.8. The van der Waals surface area contributed by atoms with Crippen molar-refractivity contribution < 1.29 is 21.8 Å². The Bertz CT molecular complexity index is 1540. The lowest BCUT2D eigenvalue weighted by molar-refractivity contribution is 0.0931. The molecule has 1 aromatic heterocycles. The second-order valence-electron chi connectivity index (χ2n) is 8.82. The molecule has 1 atom stereocenters. The largest absolute Gasteiger partial charge is 0.379 e. The summed E-state index contributed by atoms with van der Waals surface area (Å²) in [5.74, 6) is -1.11. The fourth-order valence-corrected chi connectivity index (χ4v) is 4.83. The maximum Gasteiger partial charge on any atom is 0.308 e. The molecule has 0 bridgehead atoms. The van der Waals surface area contributed by atoms with Crippen LogP contribution >= 0.6 is 0 Å². The highest BCUT2D eigenvalue weighted by molar-refractivity contribution is 7.87. The van der Waals surface area contributed by atoms with Gasteiger partial charge in [-0.2, -0.15) is 8.42 Å². The first-order chi connectivity index (χ1) is 17.4. The zero-order valence-electron chi connectivity index (χ0n) is 19.6. The highest BCUT2D eigenvalue weighted by atomic mass is 32.2. The Morgan fingerprint density at radius 1 is 1.06 bits per heavy atom. The molecule has 0 aliphatic heterocycles. The zero-order chi connectivity index (χ0) is 25.3. The van der Waals surface area contributed by atoms with E-state index in [0.717, 1.165) is 12.8 Å². The first-order valence-corrected chi connectivity index (χ1v) is 13.4. The number of carbonyl (C=O) groups excluding carboxylic acids is 1. The third kappa shape index (κ3) is 4.95. The van der Waals surface area contributed by atoms with E-state index in [1.165, 1.54) is 19.1 Å². The van der Waals surface area contributed by atoms with Crippen molar-refractivity contribution in [1.82, 2.24) is 10.3 Å². The molecule has 1 heterocycles. The summed E-state index contributed by atoms with van der Waals surface area (Å²) in [5.41, 5.74) is 2.14. The van der Waals surface area contributed by atoms with Gasteiger partial charge in [-0.05, 0) is 49.4 Å². The van der Waals surface area contributed by atoms with Crippen LogP contribution in [0.25, 0.3) is 22.2 Å². The van der Waals surface area contributed by atoms with Crippen LogP contribution in [0.15, 0.2) is 78.9 Å². The summed E-state index contributed by atoms with van der Waals surface area (Å²) in [7, 11) is -3.99. The fourth-order valence-electron chi connectivity index (χ4n) is 4.29. The number of carbonyl (C=O) groups is 1. The predicted molar refractivity (Wildman–Crippen MR) is 137 cm³/mol. The minimum Gasteiger partial charge on any atom is -0.379 e. The number of nitrogens with zero attached hydrogens (tertiary/aromatic N) is 1. The molecule has 36 heavy (non-hydrogen) atoms. The molecule has 4 aromatic rings. The Morgan fingerprint density at radius 2 is 1.78 bits per heavy atom. The molecule has 6 nitrogen and oxygen atoms in total. The topological polar surface area (TPSA) is 85.4 Å². The molecule has 1 aliphatic carbocycles. The number of fused-ring (bicyclic) bond motifs is 1. The van der Waals surface area contributed by atoms with E-state index in [1.54, 1.807) is 60.7 Å². The summed E-state index contributed by atoms with van der Waals surface area (Å²) >= 11 is 0. The Hall–Kier alpha value is -3.78. The fraction of sp³-hybridized carbons (Fsp3) is 0.214. The van der Waals surface area contributed by atoms with Crippen LogP contribution < -0.4 is 9.50 Å². The van der Waals surface area contributed by atoms with Gasteiger partial charge in [-0.25, -0.2) is 9.37 Å². The molecule has 0 radical (unpaired) electrons. The monoisotopic (exact) mass is 504 g/mol. The van der Waals surface area contributed by atoms with E-state index in [9.17, 15) is 17.6 Å². The smallest absolute Gasteiger partial charge is 0.308 e. The molecule has 1 aliphatic rings. The number of hydrogen-bond donors (Lipinski definition) is 1. The molecular weight excluding hydrogens is 479 g/mol. The van der Waals surface area contributed by atoms with Crippen LogP contribution in [0.2, 0.25) is 0 Å². The Balaban J connectivity index is 1.69. The summed E-state index contributed by atoms with van der Waals surface area (Å²) in [6.07, 6.45) is 1.81. The second-order valence-corrected chi connectivity index (χ2v) is 10.7. The Kier molecular flexibility index (Phi) is 6.45. The molecule has 0 spiro atoms. The van der Waals surface area contributed by atoms with Gasteiger partial charge < -0.3 is 9.50 Å². The minimum absolute atomic E-state index is 0.0820. The molecule has 8 heteroatoms. The van der Waals surface area contributed by atoms with Crippen molar-refractivity contribution in [2.45, 2.75) is 25.8 Å². The van der Waals surface area contributed by atoms with E-state index in [4.69, 9.17) is 4.18 Å². The SMILES string of the molecule is CCS(=O)(=O)Oc1c(-c2ccccc2)nc2ccccc2c1C(=O)NC(c1cccc(F)c1)C1CC1. The van der Waals surface area contributed by atoms with E-state index in [0.29, 0.717) is 22.0 Å². The third-order valence-corrected chi connectivity index (χ3v) is 7.40. The Morgan fingerprint density at radius 3 is 2.47 bits per heavy atom. The van der Waals surface area contributed by atoms with E-state index in [-0.39, 0.29) is 34.5 Å². The average Bonchev–Trinajstić information content (AvgIpc) is 3.72. The number of halogens is 1. The summed E-state index contributed by atoms with van der Waals surface area (Å²) in [4.78, 5) is 18.6. The molecule has 3 aromatic carbocycles. The predicted octanol–water partition coefficient (Wildman–Crippen LogP) is 5.65. The third-order valence-electron chi connectivity index (χ3n) is 6.27. The van der Waals surface area contributed by atoms with Gasteiger partial charge in [-0.15, -0.1) is 0 Å². The molecule has 1 saturated carbocycles. The molecular formula is C28H25FN2O4S. The first kappa shape index (κ1) is 23.9. The van der Waals surface area contributed by atoms with Crippen LogP contribution in [0, 0.1) is 11.7 Å². The van der Waals surface area contributed by atoms with Crippen molar-refractivity contribution in [2.24, 2.45) is 5.92 Å². The average molecular weight is 505 g/mol. The van der Waals surface area contributed by atoms with Gasteiger partial charge in [-0.1, -0.05) is 60.7 Å². The van der Waals surface area contributed by atoms with Gasteiger partial charge in [0.15, 0.2) is 5.75 Å². The van der Waals surface area contributed by atoms with Crippen molar-refractivity contribution in [3.63, 3.8) is 0 Å². The lowest BCUT2D eigenvalue weighted by atomic mass is 9.99. The number of aromatic nitrogens is 1. The number of para-hydroxylation sites is 1. The van der Waals surface area contributed by atoms with E-state index in [2.05, 4.69) is 10.3 Å². The van der Waals surface area contributed by atoms with Crippen LogP contribution in [0.1, 0.15) is 41.7 Å². The van der Waals surface area contributed by atoms with Crippen molar-refractivity contribution >= 4 is 26.9 Å². The molecule has 1 unspecified atom stereocenters. The summed E-state index contributed by atoms with van der Waals surface area (Å²) in [6.45, 7) is 1.47. The quantitative estimate of drug-likeness (QED) is 0.314. The van der Waals surface area contributed by atoms with Gasteiger partial charge in [0.05, 0.1) is 22.9 Å². The normalized spacial score (nSPS) is 14.4. The van der Waals surface area contributed by atoms with Gasteiger partial charge in [0.2, 0.25) is 0 Å². The van der Waals surface area contributed by atoms with Crippen LogP contribution in [0.5, 0.6) is 5.75 Å². The molecule has 1 fully saturated rings. The lowest BCUT2D eigenvalue weighted by Crippen LogP contribution is -2.31. The van der Waals surface area contributed by atoms with Gasteiger partial charge in [0.1, 0.15) is 11.5 Å². The van der Waals surface area contributed by atoms with Crippen molar-refractivity contribution in [2.75, 3.05) is 5.75 Å². The second kappa shape index (κ2) is 9.70. The number of benzene rings is 3. The number of hydrogen-bond acceptors (Lipinski definition) is 5. The van der Waals surface area contributed by atoms with Crippen molar-refractivity contribution in [3.05, 3.63) is 95.8 Å². The van der Waals surface area contributed by atoms with Crippen molar-refractivity contribution in [1.29, 1.82) is 0 Å². The van der Waals surface area contributed by atoms with Gasteiger partial charge >= 0.3 is 10.1 Å². The van der Waals surface area contributed by atoms with Crippen molar-refractivity contribution in [3.8, 4) is 17.0 Å². The van der Waals surface area contributed by atoms with Crippen LogP contribution in [0.3, 0.4) is 0 Å². The standard InChI is InChI=1S/C28H25FN2O4S/c1-2-36(33,34)35-27-24(28(32)31-25(19-15-16-19)20-11-8-12-21(29)17-20)22-13-6-7-14-23(22)30-26(27)18-9-4-3-5-10-18/h3-14,17,19,25H,2,15-16H2,1H3,(H,31,32). The summed E-state index contributed by atoms with van der Waals surface area (Å²) in [5, 5.41) is 3.51. The Labute approximate surface area is 209 Å². The van der Waals surface area contributed by atoms with E-state index in [1.807, 2.05) is 6.07 Å². The molecule has 1 amide bonds. The first-order valence-electron chi connectivity index (χ1n) is 11.8. The maximum atomic E-state index is 14.0. The minimum atomic E-state index is -3.99. The lowest BCUT2D eigenvalue weighted by Gasteiger charge is -2.22. The highest BCUT2D eigenvalue weighted by Gasteiger charge is 2.35. The molecule has 0 saturated heterocycles. The zero-order valence-corrected chi connectivity index (χ0v) is 20.5. The number of amides is 1. The van der Waals surface area contributed by atoms with Gasteiger partial charge in [0.25, 0.3) is 5.91 Å². The summed E-state index contributed by atoms with van der Waals surface area (Å²) in [6, 6.07) is 21.8. The number of pyridine rings is 1. The van der Waals surface area contributed by atoms with Crippen LogP contribution in [0.4, 0.5) is 4.39 Å². The van der Waals surface area contributed by atoms with E-state index >= 15 is 0 Å². The van der Waals surface area contributed by atoms with Gasteiger partial charge in [0, 0.05) is 10.9 Å². The highest BCUT2D eigenvalue weighted by Crippen LogP contribution is 2.42.